The van der Waals surface area contributed by atoms with E-state index in [9.17, 15) is 13.2 Å². The number of piperazine rings is 1. The van der Waals surface area contributed by atoms with Crippen LogP contribution in [0.1, 0.15) is 5.56 Å². The molecule has 3 aromatic rings. The topological polar surface area (TPSA) is 95.8 Å². The van der Waals surface area contributed by atoms with E-state index in [0.29, 0.717) is 42.8 Å². The minimum Gasteiger partial charge on any atom is -0.463 e. The molecule has 3 heterocycles. The molecule has 158 valence electrons. The molecule has 0 spiro atoms. The van der Waals surface area contributed by atoms with Crippen LogP contribution in [-0.2, 0) is 14.8 Å². The van der Waals surface area contributed by atoms with Gasteiger partial charge in [-0.2, -0.15) is 4.31 Å². The number of nitrogens with zero attached hydrogens (tertiary/aromatic N) is 3. The van der Waals surface area contributed by atoms with E-state index in [4.69, 9.17) is 4.42 Å². The summed E-state index contributed by atoms with van der Waals surface area (Å²) in [6.45, 7) is 3.91. The quantitative estimate of drug-likeness (QED) is 0.626. The zero-order chi connectivity index (χ0) is 21.1. The summed E-state index contributed by atoms with van der Waals surface area (Å²) in [7, 11) is -3.70. The van der Waals surface area contributed by atoms with Crippen LogP contribution in [0, 0.1) is 6.92 Å². The molecule has 0 saturated carbocycles. The third-order valence-electron chi connectivity index (χ3n) is 4.84. The molecule has 0 atom stereocenters. The molecule has 8 nitrogen and oxygen atoms in total. The van der Waals surface area contributed by atoms with Gasteiger partial charge in [-0.25, -0.2) is 13.4 Å². The van der Waals surface area contributed by atoms with Gasteiger partial charge in [0.25, 0.3) is 0 Å². The Bertz CT molecular complexity index is 1120. The zero-order valence-corrected chi connectivity index (χ0v) is 18.1. The van der Waals surface area contributed by atoms with E-state index in [2.05, 4.69) is 21.3 Å². The molecule has 1 fully saturated rings. The van der Waals surface area contributed by atoms with Crippen LogP contribution in [0.2, 0.25) is 0 Å². The highest BCUT2D eigenvalue weighted by Gasteiger charge is 2.29. The largest absolute Gasteiger partial charge is 0.463 e. The van der Waals surface area contributed by atoms with E-state index in [1.54, 1.807) is 17.5 Å². The third-order valence-corrected chi connectivity index (χ3v) is 7.37. The molecule has 0 unspecified atom stereocenters. The summed E-state index contributed by atoms with van der Waals surface area (Å²) >= 11 is 1.22. The van der Waals surface area contributed by atoms with E-state index in [1.807, 2.05) is 25.1 Å². The van der Waals surface area contributed by atoms with Gasteiger partial charge in [0.1, 0.15) is 11.4 Å². The Labute approximate surface area is 179 Å². The van der Waals surface area contributed by atoms with Crippen LogP contribution in [0.3, 0.4) is 0 Å². The number of thiazole rings is 1. The summed E-state index contributed by atoms with van der Waals surface area (Å²) in [6, 6.07) is 11.6. The van der Waals surface area contributed by atoms with E-state index >= 15 is 0 Å². The molecule has 1 saturated heterocycles. The number of amides is 1. The number of hydrogen-bond acceptors (Lipinski definition) is 7. The molecule has 4 rings (SSSR count). The monoisotopic (exact) mass is 446 g/mol. The number of carbonyl (C=O) groups excluding carboxylic acids is 1. The van der Waals surface area contributed by atoms with Crippen LogP contribution in [-0.4, -0.2) is 55.5 Å². The number of carbonyl (C=O) groups is 1. The van der Waals surface area contributed by atoms with Crippen molar-refractivity contribution in [2.24, 2.45) is 0 Å². The fourth-order valence-electron chi connectivity index (χ4n) is 3.33. The maximum Gasteiger partial charge on any atom is 0.242 e. The number of anilines is 2. The number of rotatable bonds is 6. The lowest BCUT2D eigenvalue weighted by atomic mass is 10.2. The summed E-state index contributed by atoms with van der Waals surface area (Å²) in [4.78, 5) is 18.7. The SMILES string of the molecule is Cc1cccc(N2CCN(S(=O)(=O)CC(=O)Nc3nc(-c4ccco4)cs3)CC2)c1. The van der Waals surface area contributed by atoms with Crippen molar-refractivity contribution in [1.82, 2.24) is 9.29 Å². The Morgan fingerprint density at radius 2 is 2.00 bits per heavy atom. The Kier molecular flexibility index (Phi) is 5.89. The second-order valence-electron chi connectivity index (χ2n) is 7.04. The Hall–Kier alpha value is -2.69. The van der Waals surface area contributed by atoms with Crippen molar-refractivity contribution < 1.29 is 17.6 Å². The highest BCUT2D eigenvalue weighted by atomic mass is 32.2. The number of aryl methyl sites for hydroxylation is 1. The highest BCUT2D eigenvalue weighted by molar-refractivity contribution is 7.89. The van der Waals surface area contributed by atoms with Gasteiger partial charge < -0.3 is 14.6 Å². The number of nitrogens with one attached hydrogen (secondary N) is 1. The fourth-order valence-corrected chi connectivity index (χ4v) is 5.35. The first-order valence-corrected chi connectivity index (χ1v) is 12.0. The van der Waals surface area contributed by atoms with Crippen LogP contribution in [0.4, 0.5) is 10.8 Å². The third kappa shape index (κ3) is 4.72. The van der Waals surface area contributed by atoms with Crippen LogP contribution in [0.25, 0.3) is 11.5 Å². The molecule has 0 bridgehead atoms. The molecule has 0 aliphatic carbocycles. The van der Waals surface area contributed by atoms with Crippen molar-refractivity contribution in [2.45, 2.75) is 6.92 Å². The second-order valence-corrected chi connectivity index (χ2v) is 9.87. The van der Waals surface area contributed by atoms with Gasteiger partial charge in [-0.1, -0.05) is 12.1 Å². The number of benzene rings is 1. The van der Waals surface area contributed by atoms with Crippen molar-refractivity contribution in [3.05, 3.63) is 53.6 Å². The molecule has 30 heavy (non-hydrogen) atoms. The van der Waals surface area contributed by atoms with Crippen LogP contribution < -0.4 is 10.2 Å². The van der Waals surface area contributed by atoms with Gasteiger partial charge >= 0.3 is 0 Å². The lowest BCUT2D eigenvalue weighted by Crippen LogP contribution is -2.50. The predicted molar refractivity (Wildman–Crippen MR) is 117 cm³/mol. The maximum absolute atomic E-state index is 12.7. The molecular weight excluding hydrogens is 424 g/mol. The van der Waals surface area contributed by atoms with E-state index in [-0.39, 0.29) is 0 Å². The van der Waals surface area contributed by atoms with Crippen molar-refractivity contribution in [2.75, 3.05) is 42.1 Å². The molecule has 1 N–H and O–H groups in total. The van der Waals surface area contributed by atoms with E-state index in [1.165, 1.54) is 21.9 Å². The number of sulfonamides is 1. The second kappa shape index (κ2) is 8.58. The van der Waals surface area contributed by atoms with Crippen LogP contribution in [0.15, 0.2) is 52.5 Å². The Morgan fingerprint density at radius 1 is 1.20 bits per heavy atom. The van der Waals surface area contributed by atoms with Crippen molar-refractivity contribution in [1.29, 1.82) is 0 Å². The molecular formula is C20H22N4O4S2. The number of furan rings is 1. The van der Waals surface area contributed by atoms with Crippen molar-refractivity contribution in [3.63, 3.8) is 0 Å². The predicted octanol–water partition coefficient (Wildman–Crippen LogP) is 2.80. The number of hydrogen-bond donors (Lipinski definition) is 1. The van der Waals surface area contributed by atoms with Crippen molar-refractivity contribution >= 4 is 38.1 Å². The summed E-state index contributed by atoms with van der Waals surface area (Å²) in [5, 5.41) is 4.65. The minimum atomic E-state index is -3.70. The maximum atomic E-state index is 12.7. The Balaban J connectivity index is 1.32. The van der Waals surface area contributed by atoms with Crippen molar-refractivity contribution in [3.8, 4) is 11.5 Å². The standard InChI is InChI=1S/C20H22N4O4S2/c1-15-4-2-5-16(12-15)23-7-9-24(10-8-23)30(26,27)14-19(25)22-20-21-17(13-29-20)18-6-3-11-28-18/h2-6,11-13H,7-10,14H2,1H3,(H,21,22,25). The molecule has 10 heteroatoms. The van der Waals surface area contributed by atoms with Gasteiger partial charge in [0.2, 0.25) is 15.9 Å². The molecule has 1 aromatic carbocycles. The lowest BCUT2D eigenvalue weighted by molar-refractivity contribution is -0.113. The highest BCUT2D eigenvalue weighted by Crippen LogP contribution is 2.25. The average molecular weight is 447 g/mol. The first-order chi connectivity index (χ1) is 14.4. The van der Waals surface area contributed by atoms with Gasteiger partial charge in [0, 0.05) is 37.2 Å². The smallest absolute Gasteiger partial charge is 0.242 e. The molecule has 2 aromatic heterocycles. The summed E-state index contributed by atoms with van der Waals surface area (Å²) in [6.07, 6.45) is 1.54. The normalized spacial score (nSPS) is 15.3. The first kappa shape index (κ1) is 20.6. The van der Waals surface area contributed by atoms with E-state index < -0.39 is 21.7 Å². The van der Waals surface area contributed by atoms with E-state index in [0.717, 1.165) is 11.3 Å². The molecule has 1 aliphatic heterocycles. The van der Waals surface area contributed by atoms with Gasteiger partial charge in [-0.05, 0) is 36.8 Å². The Morgan fingerprint density at radius 3 is 2.70 bits per heavy atom. The average Bonchev–Trinajstić information content (AvgIpc) is 3.39. The molecule has 1 aliphatic rings. The molecule has 1 amide bonds. The van der Waals surface area contributed by atoms with Gasteiger partial charge in [0.15, 0.2) is 10.9 Å². The summed E-state index contributed by atoms with van der Waals surface area (Å²) in [5.41, 5.74) is 2.84. The van der Waals surface area contributed by atoms with Gasteiger partial charge in [-0.3, -0.25) is 4.79 Å². The first-order valence-electron chi connectivity index (χ1n) is 9.49. The molecule has 0 radical (unpaired) electrons. The summed E-state index contributed by atoms with van der Waals surface area (Å²) < 4.78 is 32.0. The number of aromatic nitrogens is 1. The fraction of sp³-hybridized carbons (Fsp3) is 0.300. The zero-order valence-electron chi connectivity index (χ0n) is 16.4. The van der Waals surface area contributed by atoms with Gasteiger partial charge in [-0.15, -0.1) is 11.3 Å². The minimum absolute atomic E-state index is 0.339. The van der Waals surface area contributed by atoms with Crippen LogP contribution in [0.5, 0.6) is 0 Å². The lowest BCUT2D eigenvalue weighted by Gasteiger charge is -2.35. The van der Waals surface area contributed by atoms with Crippen LogP contribution >= 0.6 is 11.3 Å². The van der Waals surface area contributed by atoms with Gasteiger partial charge in [0.05, 0.1) is 6.26 Å². The summed E-state index contributed by atoms with van der Waals surface area (Å²) in [5.74, 6) is -0.616.